The minimum Gasteiger partial charge on any atom is -0.395 e. The smallest absolute Gasteiger partial charge is 0.173 e. The minimum absolute atomic E-state index is 0.0219. The summed E-state index contributed by atoms with van der Waals surface area (Å²) < 4.78 is 13.6. The fraction of sp³-hybridized carbons (Fsp3) is 0.188. The Morgan fingerprint density at radius 1 is 1.10 bits per heavy atom. The van der Waals surface area contributed by atoms with E-state index in [1.54, 1.807) is 23.1 Å². The van der Waals surface area contributed by atoms with Crippen molar-refractivity contribution in [3.63, 3.8) is 0 Å². The lowest BCUT2D eigenvalue weighted by Crippen LogP contribution is -2.36. The zero-order chi connectivity index (χ0) is 15.1. The molecule has 2 aromatic carbocycles. The molecular weight excluding hydrogens is 287 g/mol. The van der Waals surface area contributed by atoms with Gasteiger partial charge in [0.25, 0.3) is 0 Å². The highest BCUT2D eigenvalue weighted by Gasteiger charge is 2.11. The van der Waals surface area contributed by atoms with Crippen molar-refractivity contribution in [3.8, 4) is 0 Å². The van der Waals surface area contributed by atoms with Crippen molar-refractivity contribution in [1.29, 1.82) is 0 Å². The van der Waals surface area contributed by atoms with Crippen LogP contribution in [0.4, 0.5) is 10.1 Å². The van der Waals surface area contributed by atoms with Crippen LogP contribution in [0.5, 0.6) is 0 Å². The average Bonchev–Trinajstić information content (AvgIpc) is 2.50. The number of nitrogens with one attached hydrogen (secondary N) is 1. The molecule has 110 valence electrons. The van der Waals surface area contributed by atoms with Crippen molar-refractivity contribution < 1.29 is 9.50 Å². The Morgan fingerprint density at radius 2 is 1.76 bits per heavy atom. The summed E-state index contributed by atoms with van der Waals surface area (Å²) in [7, 11) is 0. The van der Waals surface area contributed by atoms with Crippen LogP contribution < -0.4 is 5.32 Å². The van der Waals surface area contributed by atoms with Gasteiger partial charge < -0.3 is 15.3 Å². The first-order valence-corrected chi connectivity index (χ1v) is 7.07. The summed E-state index contributed by atoms with van der Waals surface area (Å²) >= 11 is 5.32. The van der Waals surface area contributed by atoms with E-state index in [-0.39, 0.29) is 12.4 Å². The Kier molecular flexibility index (Phi) is 5.66. The van der Waals surface area contributed by atoms with E-state index in [0.29, 0.717) is 23.9 Å². The van der Waals surface area contributed by atoms with E-state index in [0.717, 1.165) is 5.56 Å². The molecule has 0 fully saturated rings. The van der Waals surface area contributed by atoms with Crippen LogP contribution in [0.2, 0.25) is 0 Å². The summed E-state index contributed by atoms with van der Waals surface area (Å²) in [6, 6.07) is 16.2. The standard InChI is InChI=1S/C16H17FN2OS/c17-14-8-4-5-9-15(14)18-16(21)19(10-11-20)12-13-6-2-1-3-7-13/h1-9,20H,10-12H2,(H,18,21). The van der Waals surface area contributed by atoms with Crippen molar-refractivity contribution in [2.24, 2.45) is 0 Å². The lowest BCUT2D eigenvalue weighted by atomic mass is 10.2. The molecule has 2 rings (SSSR count). The minimum atomic E-state index is -0.358. The lowest BCUT2D eigenvalue weighted by Gasteiger charge is -2.25. The molecule has 0 aliphatic rings. The second-order valence-corrected chi connectivity index (χ2v) is 4.93. The molecular formula is C16H17FN2OS. The van der Waals surface area contributed by atoms with Crippen molar-refractivity contribution >= 4 is 23.0 Å². The SMILES string of the molecule is OCCN(Cc1ccccc1)C(=S)Nc1ccccc1F. The van der Waals surface area contributed by atoms with Crippen LogP contribution in [0.1, 0.15) is 5.56 Å². The third-order valence-corrected chi connectivity index (χ3v) is 3.35. The fourth-order valence-corrected chi connectivity index (χ4v) is 2.20. The van der Waals surface area contributed by atoms with E-state index < -0.39 is 0 Å². The topological polar surface area (TPSA) is 35.5 Å². The molecule has 0 aliphatic carbocycles. The number of hydrogen-bond acceptors (Lipinski definition) is 2. The lowest BCUT2D eigenvalue weighted by molar-refractivity contribution is 0.248. The van der Waals surface area contributed by atoms with Gasteiger partial charge in [-0.3, -0.25) is 0 Å². The van der Waals surface area contributed by atoms with Gasteiger partial charge in [0.1, 0.15) is 5.82 Å². The highest BCUT2D eigenvalue weighted by molar-refractivity contribution is 7.80. The monoisotopic (exact) mass is 304 g/mol. The molecule has 5 heteroatoms. The van der Waals surface area contributed by atoms with Crippen LogP contribution in [0.3, 0.4) is 0 Å². The van der Waals surface area contributed by atoms with Gasteiger partial charge in [0, 0.05) is 13.1 Å². The molecule has 0 saturated carbocycles. The first-order valence-electron chi connectivity index (χ1n) is 6.66. The maximum atomic E-state index is 13.6. The summed E-state index contributed by atoms with van der Waals surface area (Å²) in [6.07, 6.45) is 0. The number of anilines is 1. The van der Waals surface area contributed by atoms with Crippen LogP contribution in [0, 0.1) is 5.82 Å². The van der Waals surface area contributed by atoms with E-state index in [4.69, 9.17) is 12.2 Å². The molecule has 0 bridgehead atoms. The van der Waals surface area contributed by atoms with Gasteiger partial charge >= 0.3 is 0 Å². The average molecular weight is 304 g/mol. The van der Waals surface area contributed by atoms with Crippen LogP contribution in [0.25, 0.3) is 0 Å². The number of nitrogens with zero attached hydrogens (tertiary/aromatic N) is 1. The number of hydrogen-bond donors (Lipinski definition) is 2. The number of aliphatic hydroxyl groups is 1. The maximum absolute atomic E-state index is 13.6. The maximum Gasteiger partial charge on any atom is 0.173 e. The molecule has 0 saturated heterocycles. The number of benzene rings is 2. The van der Waals surface area contributed by atoms with E-state index in [9.17, 15) is 9.50 Å². The largest absolute Gasteiger partial charge is 0.395 e. The van der Waals surface area contributed by atoms with Crippen LogP contribution in [-0.4, -0.2) is 28.3 Å². The normalized spacial score (nSPS) is 10.2. The predicted molar refractivity (Wildman–Crippen MR) is 86.6 cm³/mol. The van der Waals surface area contributed by atoms with Gasteiger partial charge in [-0.25, -0.2) is 4.39 Å². The third-order valence-electron chi connectivity index (χ3n) is 2.99. The summed E-state index contributed by atoms with van der Waals surface area (Å²) in [5.41, 5.74) is 1.40. The van der Waals surface area contributed by atoms with E-state index in [1.165, 1.54) is 6.07 Å². The van der Waals surface area contributed by atoms with Gasteiger partial charge in [0.2, 0.25) is 0 Å². The summed E-state index contributed by atoms with van der Waals surface area (Å²) in [5.74, 6) is -0.358. The number of aliphatic hydroxyl groups excluding tert-OH is 1. The molecule has 0 amide bonds. The summed E-state index contributed by atoms with van der Waals surface area (Å²) in [5, 5.41) is 12.5. The van der Waals surface area contributed by atoms with Gasteiger partial charge in [-0.15, -0.1) is 0 Å². The molecule has 21 heavy (non-hydrogen) atoms. The number of thiocarbonyl (C=S) groups is 1. The van der Waals surface area contributed by atoms with Gasteiger partial charge in [0.05, 0.1) is 12.3 Å². The van der Waals surface area contributed by atoms with Crippen LogP contribution in [0.15, 0.2) is 54.6 Å². The molecule has 0 atom stereocenters. The molecule has 0 aliphatic heterocycles. The quantitative estimate of drug-likeness (QED) is 0.832. The predicted octanol–water partition coefficient (Wildman–Crippen LogP) is 3.02. The first kappa shape index (κ1) is 15.4. The number of halogens is 1. The first-order chi connectivity index (χ1) is 10.2. The Bertz CT molecular complexity index is 592. The van der Waals surface area contributed by atoms with Gasteiger partial charge in [-0.1, -0.05) is 42.5 Å². The van der Waals surface area contributed by atoms with Gasteiger partial charge in [-0.05, 0) is 29.9 Å². The van der Waals surface area contributed by atoms with E-state index >= 15 is 0 Å². The zero-order valence-electron chi connectivity index (χ0n) is 11.5. The molecule has 2 N–H and O–H groups in total. The Morgan fingerprint density at radius 3 is 2.43 bits per heavy atom. The Balaban J connectivity index is 2.07. The number of para-hydroxylation sites is 1. The van der Waals surface area contributed by atoms with E-state index in [1.807, 2.05) is 30.3 Å². The molecule has 0 heterocycles. The highest BCUT2D eigenvalue weighted by Crippen LogP contribution is 2.14. The van der Waals surface area contributed by atoms with Crippen molar-refractivity contribution in [2.75, 3.05) is 18.5 Å². The van der Waals surface area contributed by atoms with Crippen LogP contribution in [-0.2, 0) is 6.54 Å². The Hall–Kier alpha value is -1.98. The number of rotatable bonds is 5. The fourth-order valence-electron chi connectivity index (χ4n) is 1.93. The zero-order valence-corrected chi connectivity index (χ0v) is 12.3. The summed E-state index contributed by atoms with van der Waals surface area (Å²) in [4.78, 5) is 1.80. The molecule has 2 aromatic rings. The third kappa shape index (κ3) is 4.51. The molecule has 0 spiro atoms. The summed E-state index contributed by atoms with van der Waals surface area (Å²) in [6.45, 7) is 0.919. The van der Waals surface area contributed by atoms with Crippen molar-refractivity contribution in [1.82, 2.24) is 4.90 Å². The molecule has 0 radical (unpaired) electrons. The molecule has 0 unspecified atom stereocenters. The van der Waals surface area contributed by atoms with E-state index in [2.05, 4.69) is 5.32 Å². The molecule has 0 aromatic heterocycles. The van der Waals surface area contributed by atoms with Crippen LogP contribution >= 0.6 is 12.2 Å². The second-order valence-electron chi connectivity index (χ2n) is 4.54. The van der Waals surface area contributed by atoms with Gasteiger partial charge in [0.15, 0.2) is 5.11 Å². The Labute approximate surface area is 129 Å². The highest BCUT2D eigenvalue weighted by atomic mass is 32.1. The second kappa shape index (κ2) is 7.71. The van der Waals surface area contributed by atoms with Crippen molar-refractivity contribution in [3.05, 3.63) is 66.0 Å². The van der Waals surface area contributed by atoms with Gasteiger partial charge in [-0.2, -0.15) is 0 Å². The molecule has 3 nitrogen and oxygen atoms in total. The van der Waals surface area contributed by atoms with Crippen molar-refractivity contribution in [2.45, 2.75) is 6.54 Å².